The number of carbonyl (C=O) groups excluding carboxylic acids is 1. The van der Waals surface area contributed by atoms with E-state index in [1.165, 1.54) is 23.6 Å². The SMILES string of the molecule is CCNC1CCN(c2ccc(C(=O)Nc3cc(F)c(N)c(C=NC)c3)c3nc(OC)sc23)CC1. The van der Waals surface area contributed by atoms with E-state index >= 15 is 0 Å². The van der Waals surface area contributed by atoms with E-state index in [0.29, 0.717) is 27.9 Å². The fourth-order valence-electron chi connectivity index (χ4n) is 4.26. The lowest BCUT2D eigenvalue weighted by Crippen LogP contribution is -2.42. The van der Waals surface area contributed by atoms with Crippen LogP contribution in [0.2, 0.25) is 0 Å². The third-order valence-electron chi connectivity index (χ3n) is 5.94. The van der Waals surface area contributed by atoms with Crippen molar-refractivity contribution in [2.24, 2.45) is 4.99 Å². The number of nitrogens with two attached hydrogens (primary N) is 1. The van der Waals surface area contributed by atoms with Crippen molar-refractivity contribution in [3.05, 3.63) is 41.2 Å². The van der Waals surface area contributed by atoms with Gasteiger partial charge in [0.1, 0.15) is 11.3 Å². The molecule has 4 N–H and O–H groups in total. The van der Waals surface area contributed by atoms with Gasteiger partial charge < -0.3 is 26.0 Å². The van der Waals surface area contributed by atoms with Crippen molar-refractivity contribution in [3.8, 4) is 5.19 Å². The Kier molecular flexibility index (Phi) is 7.28. The predicted octanol–water partition coefficient (Wildman–Crippen LogP) is 3.91. The largest absolute Gasteiger partial charge is 0.473 e. The van der Waals surface area contributed by atoms with Crippen LogP contribution < -0.4 is 26.0 Å². The number of aliphatic imine (C=N–C) groups is 1. The third kappa shape index (κ3) is 4.83. The van der Waals surface area contributed by atoms with E-state index in [2.05, 4.69) is 32.4 Å². The number of halogens is 1. The van der Waals surface area contributed by atoms with E-state index in [9.17, 15) is 9.18 Å². The zero-order chi connectivity index (χ0) is 24.2. The average molecular weight is 485 g/mol. The Labute approximate surface area is 202 Å². The Morgan fingerprint density at radius 3 is 2.82 bits per heavy atom. The smallest absolute Gasteiger partial charge is 0.274 e. The monoisotopic (exact) mass is 484 g/mol. The third-order valence-corrected chi connectivity index (χ3v) is 6.98. The molecule has 8 nitrogen and oxygen atoms in total. The number of hydrogen-bond donors (Lipinski definition) is 3. The molecule has 1 fully saturated rings. The molecule has 180 valence electrons. The molecule has 10 heteroatoms. The highest BCUT2D eigenvalue weighted by Crippen LogP contribution is 2.38. The number of hydrogen-bond acceptors (Lipinski definition) is 8. The molecule has 1 aromatic heterocycles. The topological polar surface area (TPSA) is 105 Å². The summed E-state index contributed by atoms with van der Waals surface area (Å²) in [5, 5.41) is 6.78. The van der Waals surface area contributed by atoms with Gasteiger partial charge in [-0.2, -0.15) is 0 Å². The van der Waals surface area contributed by atoms with Gasteiger partial charge in [0.25, 0.3) is 11.1 Å². The van der Waals surface area contributed by atoms with Crippen molar-refractivity contribution in [1.29, 1.82) is 0 Å². The number of methoxy groups -OCH3 is 1. The number of benzene rings is 2. The van der Waals surface area contributed by atoms with Crippen molar-refractivity contribution in [2.75, 3.05) is 49.7 Å². The highest BCUT2D eigenvalue weighted by Gasteiger charge is 2.24. The summed E-state index contributed by atoms with van der Waals surface area (Å²) in [6, 6.07) is 7.04. The standard InChI is InChI=1S/C24H29FN6O2S/c1-4-28-15-7-9-31(10-8-15)19-6-5-17(21-22(19)34-24(30-21)33-3)23(32)29-16-11-14(13-27-2)20(26)18(25)12-16/h5-6,11-13,15,28H,4,7-10,26H2,1-3H3,(H,29,32). The Bertz CT molecular complexity index is 1220. The molecule has 0 radical (unpaired) electrons. The molecule has 0 atom stereocenters. The van der Waals surface area contributed by atoms with Crippen LogP contribution in [0.4, 0.5) is 21.5 Å². The van der Waals surface area contributed by atoms with Crippen LogP contribution in [-0.4, -0.2) is 56.9 Å². The molecule has 0 aliphatic carbocycles. The van der Waals surface area contributed by atoms with Crippen molar-refractivity contribution < 1.29 is 13.9 Å². The molecule has 2 heterocycles. The number of amides is 1. The maximum atomic E-state index is 14.3. The Morgan fingerprint density at radius 1 is 1.38 bits per heavy atom. The number of fused-ring (bicyclic) bond motifs is 1. The zero-order valence-electron chi connectivity index (χ0n) is 19.5. The summed E-state index contributed by atoms with van der Waals surface area (Å²) < 4.78 is 20.6. The summed E-state index contributed by atoms with van der Waals surface area (Å²) in [5.41, 5.74) is 8.45. The van der Waals surface area contributed by atoms with Crippen LogP contribution in [0.1, 0.15) is 35.7 Å². The van der Waals surface area contributed by atoms with Gasteiger partial charge in [0.2, 0.25) is 0 Å². The second-order valence-electron chi connectivity index (χ2n) is 8.12. The number of nitrogens with one attached hydrogen (secondary N) is 2. The van der Waals surface area contributed by atoms with E-state index in [1.807, 2.05) is 6.07 Å². The first kappa shape index (κ1) is 23.9. The molecule has 0 spiro atoms. The number of carbonyl (C=O) groups is 1. The van der Waals surface area contributed by atoms with E-state index in [1.54, 1.807) is 26.3 Å². The molecule has 34 heavy (non-hydrogen) atoms. The predicted molar refractivity (Wildman–Crippen MR) is 137 cm³/mol. The van der Waals surface area contributed by atoms with E-state index in [0.717, 1.165) is 42.9 Å². The minimum absolute atomic E-state index is 0.0162. The maximum Gasteiger partial charge on any atom is 0.274 e. The summed E-state index contributed by atoms with van der Waals surface area (Å²) in [4.78, 5) is 24.0. The normalized spacial score (nSPS) is 14.8. The van der Waals surface area contributed by atoms with Crippen LogP contribution >= 0.6 is 11.3 Å². The molecular formula is C24H29FN6O2S. The van der Waals surface area contributed by atoms with E-state index in [4.69, 9.17) is 10.5 Å². The summed E-state index contributed by atoms with van der Waals surface area (Å²) in [5.74, 6) is -1.01. The maximum absolute atomic E-state index is 14.3. The number of thiazole rings is 1. The number of nitrogens with zero attached hydrogens (tertiary/aromatic N) is 3. The number of aromatic nitrogens is 1. The molecule has 0 unspecified atom stereocenters. The van der Waals surface area contributed by atoms with Crippen LogP contribution in [0.5, 0.6) is 5.19 Å². The van der Waals surface area contributed by atoms with Crippen LogP contribution in [0, 0.1) is 5.82 Å². The lowest BCUT2D eigenvalue weighted by atomic mass is 10.0. The molecule has 1 saturated heterocycles. The zero-order valence-corrected chi connectivity index (χ0v) is 20.3. The second-order valence-corrected chi connectivity index (χ2v) is 9.08. The van der Waals surface area contributed by atoms with Crippen molar-refractivity contribution in [1.82, 2.24) is 10.3 Å². The highest BCUT2D eigenvalue weighted by molar-refractivity contribution is 7.21. The van der Waals surface area contributed by atoms with Gasteiger partial charge in [-0.05, 0) is 43.7 Å². The van der Waals surface area contributed by atoms with Gasteiger partial charge >= 0.3 is 0 Å². The van der Waals surface area contributed by atoms with Gasteiger partial charge in [0.05, 0.1) is 28.7 Å². The first-order valence-electron chi connectivity index (χ1n) is 11.2. The summed E-state index contributed by atoms with van der Waals surface area (Å²) in [7, 11) is 3.13. The second kappa shape index (κ2) is 10.4. The van der Waals surface area contributed by atoms with Crippen molar-refractivity contribution >= 4 is 50.7 Å². The Balaban J connectivity index is 1.64. The number of piperidine rings is 1. The van der Waals surface area contributed by atoms with Gasteiger partial charge in [-0.3, -0.25) is 9.79 Å². The lowest BCUT2D eigenvalue weighted by molar-refractivity contribution is 0.102. The van der Waals surface area contributed by atoms with E-state index < -0.39 is 5.82 Å². The van der Waals surface area contributed by atoms with Crippen molar-refractivity contribution in [2.45, 2.75) is 25.8 Å². The fourth-order valence-corrected chi connectivity index (χ4v) is 5.21. The van der Waals surface area contributed by atoms with E-state index in [-0.39, 0.29) is 17.3 Å². The quantitative estimate of drug-likeness (QED) is 0.347. The minimum atomic E-state index is -0.621. The molecule has 1 amide bonds. The van der Waals surface area contributed by atoms with Gasteiger partial charge in [-0.15, -0.1) is 0 Å². The van der Waals surface area contributed by atoms with Crippen LogP contribution in [-0.2, 0) is 0 Å². The van der Waals surface area contributed by atoms with Gasteiger partial charge in [-0.25, -0.2) is 9.37 Å². The molecule has 0 bridgehead atoms. The summed E-state index contributed by atoms with van der Waals surface area (Å²) >= 11 is 1.42. The number of nitrogen functional groups attached to an aromatic ring is 1. The number of anilines is 3. The van der Waals surface area contributed by atoms with Crippen molar-refractivity contribution in [3.63, 3.8) is 0 Å². The summed E-state index contributed by atoms with van der Waals surface area (Å²) in [6.07, 6.45) is 3.56. The summed E-state index contributed by atoms with van der Waals surface area (Å²) in [6.45, 7) is 4.94. The molecule has 0 saturated carbocycles. The van der Waals surface area contributed by atoms with Gasteiger partial charge in [0, 0.05) is 43.6 Å². The number of rotatable bonds is 7. The fraction of sp³-hybridized carbons (Fsp3) is 0.375. The first-order chi connectivity index (χ1) is 16.4. The lowest BCUT2D eigenvalue weighted by Gasteiger charge is -2.34. The van der Waals surface area contributed by atoms with Gasteiger partial charge in [0.15, 0.2) is 0 Å². The molecule has 3 aromatic rings. The molecule has 4 rings (SSSR count). The van der Waals surface area contributed by atoms with Crippen LogP contribution in [0.3, 0.4) is 0 Å². The Hall–Kier alpha value is -3.24. The Morgan fingerprint density at radius 2 is 2.15 bits per heavy atom. The molecule has 1 aliphatic rings. The highest BCUT2D eigenvalue weighted by atomic mass is 32.1. The number of ether oxygens (including phenoxy) is 1. The first-order valence-corrected chi connectivity index (χ1v) is 12.0. The molecular weight excluding hydrogens is 455 g/mol. The molecule has 2 aromatic carbocycles. The van der Waals surface area contributed by atoms with Crippen LogP contribution in [0.25, 0.3) is 10.2 Å². The van der Waals surface area contributed by atoms with Gasteiger partial charge in [-0.1, -0.05) is 18.3 Å². The van der Waals surface area contributed by atoms with Crippen LogP contribution in [0.15, 0.2) is 29.3 Å². The average Bonchev–Trinajstić information content (AvgIpc) is 3.27. The minimum Gasteiger partial charge on any atom is -0.473 e. The molecule has 1 aliphatic heterocycles.